The van der Waals surface area contributed by atoms with E-state index in [2.05, 4.69) is 23.3 Å². The zero-order valence-corrected chi connectivity index (χ0v) is 8.86. The summed E-state index contributed by atoms with van der Waals surface area (Å²) in [5.74, 6) is 0. The van der Waals surface area contributed by atoms with E-state index in [1.165, 1.54) is 5.56 Å². The molecule has 1 aromatic heterocycles. The number of hydrogen-bond acceptors (Lipinski definition) is 3. The average molecular weight is 194 g/mol. The minimum absolute atomic E-state index is 0.384. The summed E-state index contributed by atoms with van der Waals surface area (Å²) >= 11 is 0. The van der Waals surface area contributed by atoms with Crippen molar-refractivity contribution in [3.05, 3.63) is 30.1 Å². The molecule has 0 aliphatic carbocycles. The molecule has 1 atom stereocenters. The third kappa shape index (κ3) is 4.35. The molecule has 1 N–H and O–H groups in total. The van der Waals surface area contributed by atoms with E-state index in [1.54, 1.807) is 6.20 Å². The number of nitrogens with one attached hydrogen (secondary N) is 1. The fourth-order valence-electron chi connectivity index (χ4n) is 1.15. The van der Waals surface area contributed by atoms with Gasteiger partial charge in [0.15, 0.2) is 0 Å². The third-order valence-electron chi connectivity index (χ3n) is 1.95. The molecule has 3 nitrogen and oxygen atoms in total. The Bertz CT molecular complexity index is 238. The van der Waals surface area contributed by atoms with Crippen molar-refractivity contribution in [2.75, 3.05) is 13.2 Å². The summed E-state index contributed by atoms with van der Waals surface area (Å²) < 4.78 is 5.31. The highest BCUT2D eigenvalue weighted by atomic mass is 16.5. The largest absolute Gasteiger partial charge is 0.380 e. The van der Waals surface area contributed by atoms with Crippen LogP contribution in [0, 0.1) is 0 Å². The summed E-state index contributed by atoms with van der Waals surface area (Å²) in [7, 11) is 0. The van der Waals surface area contributed by atoms with E-state index < -0.39 is 0 Å². The van der Waals surface area contributed by atoms with Gasteiger partial charge in [0.05, 0.1) is 6.61 Å². The van der Waals surface area contributed by atoms with Crippen molar-refractivity contribution in [3.63, 3.8) is 0 Å². The smallest absolute Gasteiger partial charge is 0.0616 e. The lowest BCUT2D eigenvalue weighted by Crippen LogP contribution is -2.30. The Kier molecular flexibility index (Phi) is 5.19. The van der Waals surface area contributed by atoms with Crippen LogP contribution in [0.1, 0.15) is 19.4 Å². The van der Waals surface area contributed by atoms with Gasteiger partial charge in [-0.1, -0.05) is 6.07 Å². The van der Waals surface area contributed by atoms with Gasteiger partial charge in [0.25, 0.3) is 0 Å². The van der Waals surface area contributed by atoms with E-state index in [-0.39, 0.29) is 0 Å². The minimum atomic E-state index is 0.384. The molecule has 0 saturated carbocycles. The van der Waals surface area contributed by atoms with E-state index in [0.29, 0.717) is 6.04 Å². The maximum Gasteiger partial charge on any atom is 0.0616 e. The first-order valence-electron chi connectivity index (χ1n) is 5.03. The molecule has 0 saturated heterocycles. The predicted octanol–water partition coefficient (Wildman–Crippen LogP) is 1.60. The summed E-state index contributed by atoms with van der Waals surface area (Å²) in [6.07, 6.45) is 3.66. The molecule has 0 bridgehead atoms. The summed E-state index contributed by atoms with van der Waals surface area (Å²) in [5.41, 5.74) is 1.20. The topological polar surface area (TPSA) is 34.1 Å². The van der Waals surface area contributed by atoms with Gasteiger partial charge in [0, 0.05) is 31.6 Å². The van der Waals surface area contributed by atoms with E-state index >= 15 is 0 Å². The number of nitrogens with zero attached hydrogens (tertiary/aromatic N) is 1. The van der Waals surface area contributed by atoms with Crippen LogP contribution in [0.2, 0.25) is 0 Å². The Hall–Kier alpha value is -0.930. The zero-order chi connectivity index (χ0) is 10.2. The quantitative estimate of drug-likeness (QED) is 0.747. The molecule has 0 radical (unpaired) electrons. The van der Waals surface area contributed by atoms with Gasteiger partial charge in [0.2, 0.25) is 0 Å². The van der Waals surface area contributed by atoms with Gasteiger partial charge in [-0.15, -0.1) is 0 Å². The van der Waals surface area contributed by atoms with E-state index in [0.717, 1.165) is 19.8 Å². The van der Waals surface area contributed by atoms with Gasteiger partial charge in [-0.25, -0.2) is 0 Å². The lowest BCUT2D eigenvalue weighted by atomic mass is 10.2. The summed E-state index contributed by atoms with van der Waals surface area (Å²) in [5, 5.41) is 3.37. The molecule has 14 heavy (non-hydrogen) atoms. The van der Waals surface area contributed by atoms with Crippen molar-refractivity contribution in [1.29, 1.82) is 0 Å². The Morgan fingerprint density at radius 2 is 2.43 bits per heavy atom. The molecule has 3 heteroatoms. The number of pyridine rings is 1. The zero-order valence-electron chi connectivity index (χ0n) is 8.86. The van der Waals surface area contributed by atoms with Crippen LogP contribution in [0.5, 0.6) is 0 Å². The number of hydrogen-bond donors (Lipinski definition) is 1. The summed E-state index contributed by atoms with van der Waals surface area (Å²) in [6.45, 7) is 6.51. The highest BCUT2D eigenvalue weighted by molar-refractivity contribution is 5.07. The van der Waals surface area contributed by atoms with Crippen molar-refractivity contribution in [3.8, 4) is 0 Å². The Labute approximate surface area is 85.5 Å². The second-order valence-electron chi connectivity index (χ2n) is 3.30. The van der Waals surface area contributed by atoms with Crippen molar-refractivity contribution in [2.24, 2.45) is 0 Å². The highest BCUT2D eigenvalue weighted by Gasteiger charge is 2.00. The second kappa shape index (κ2) is 6.51. The Balaban J connectivity index is 2.20. The van der Waals surface area contributed by atoms with Crippen LogP contribution in [-0.4, -0.2) is 24.2 Å². The van der Waals surface area contributed by atoms with Crippen LogP contribution >= 0.6 is 0 Å². The molecule has 1 unspecified atom stereocenters. The molecule has 1 rings (SSSR count). The molecule has 78 valence electrons. The predicted molar refractivity (Wildman–Crippen MR) is 57.0 cm³/mol. The van der Waals surface area contributed by atoms with Gasteiger partial charge in [-0.3, -0.25) is 4.98 Å². The molecule has 1 aromatic rings. The SMILES string of the molecule is CCOCC(C)NCc1cccnc1. The van der Waals surface area contributed by atoms with Crippen LogP contribution in [0.4, 0.5) is 0 Å². The first-order chi connectivity index (χ1) is 6.83. The standard InChI is InChI=1S/C11H18N2O/c1-3-14-9-10(2)13-8-11-5-4-6-12-7-11/h4-7,10,13H,3,8-9H2,1-2H3. The van der Waals surface area contributed by atoms with Gasteiger partial charge >= 0.3 is 0 Å². The second-order valence-corrected chi connectivity index (χ2v) is 3.30. The monoisotopic (exact) mass is 194 g/mol. The van der Waals surface area contributed by atoms with Crippen LogP contribution in [-0.2, 0) is 11.3 Å². The molecule has 0 spiro atoms. The first kappa shape index (κ1) is 11.1. The molecule has 1 heterocycles. The average Bonchev–Trinajstić information content (AvgIpc) is 2.25. The van der Waals surface area contributed by atoms with E-state index in [4.69, 9.17) is 4.74 Å². The molecule has 0 aliphatic heterocycles. The van der Waals surface area contributed by atoms with Crippen molar-refractivity contribution >= 4 is 0 Å². The van der Waals surface area contributed by atoms with E-state index in [1.807, 2.05) is 19.2 Å². The van der Waals surface area contributed by atoms with Crippen molar-refractivity contribution < 1.29 is 4.74 Å². The number of rotatable bonds is 6. The van der Waals surface area contributed by atoms with Gasteiger partial charge in [-0.05, 0) is 25.5 Å². The van der Waals surface area contributed by atoms with Gasteiger partial charge in [0.1, 0.15) is 0 Å². The lowest BCUT2D eigenvalue weighted by molar-refractivity contribution is 0.127. The maximum atomic E-state index is 5.31. The fourth-order valence-corrected chi connectivity index (χ4v) is 1.15. The number of ether oxygens (including phenoxy) is 1. The third-order valence-corrected chi connectivity index (χ3v) is 1.95. The molecule has 0 aliphatic rings. The fraction of sp³-hybridized carbons (Fsp3) is 0.545. The maximum absolute atomic E-state index is 5.31. The highest BCUT2D eigenvalue weighted by Crippen LogP contribution is 1.95. The van der Waals surface area contributed by atoms with Crippen molar-refractivity contribution in [2.45, 2.75) is 26.4 Å². The number of aromatic nitrogens is 1. The van der Waals surface area contributed by atoms with Gasteiger partial charge < -0.3 is 10.1 Å². The minimum Gasteiger partial charge on any atom is -0.380 e. The van der Waals surface area contributed by atoms with Crippen LogP contribution in [0.15, 0.2) is 24.5 Å². The molecular weight excluding hydrogens is 176 g/mol. The van der Waals surface area contributed by atoms with Gasteiger partial charge in [-0.2, -0.15) is 0 Å². The Morgan fingerprint density at radius 3 is 3.07 bits per heavy atom. The first-order valence-corrected chi connectivity index (χ1v) is 5.03. The Morgan fingerprint density at radius 1 is 1.57 bits per heavy atom. The van der Waals surface area contributed by atoms with Crippen LogP contribution in [0.3, 0.4) is 0 Å². The molecule has 0 aromatic carbocycles. The normalized spacial score (nSPS) is 12.7. The van der Waals surface area contributed by atoms with Crippen LogP contribution < -0.4 is 5.32 Å². The van der Waals surface area contributed by atoms with Crippen molar-refractivity contribution in [1.82, 2.24) is 10.3 Å². The summed E-state index contributed by atoms with van der Waals surface area (Å²) in [6, 6.07) is 4.40. The lowest BCUT2D eigenvalue weighted by Gasteiger charge is -2.13. The molecular formula is C11H18N2O. The van der Waals surface area contributed by atoms with E-state index in [9.17, 15) is 0 Å². The molecule has 0 amide bonds. The van der Waals surface area contributed by atoms with Crippen LogP contribution in [0.25, 0.3) is 0 Å². The summed E-state index contributed by atoms with van der Waals surface area (Å²) in [4.78, 5) is 4.05. The molecule has 0 fully saturated rings.